The van der Waals surface area contributed by atoms with Crippen LogP contribution in [0, 0.1) is 0 Å². The summed E-state index contributed by atoms with van der Waals surface area (Å²) in [4.78, 5) is 2.17. The van der Waals surface area contributed by atoms with E-state index in [1.807, 2.05) is 0 Å². The van der Waals surface area contributed by atoms with Crippen molar-refractivity contribution in [3.8, 4) is 0 Å². The zero-order valence-electron chi connectivity index (χ0n) is 11.7. The number of halogens is 2. The lowest BCUT2D eigenvalue weighted by molar-refractivity contribution is 0.457. The summed E-state index contributed by atoms with van der Waals surface area (Å²) in [5.74, 6) is 0. The minimum atomic E-state index is 0. The van der Waals surface area contributed by atoms with E-state index in [0.717, 1.165) is 11.0 Å². The SMILES string of the molecule is CN(C)C/C=C(\c1ccccc1)c1ccc(Br)cc1.Cl. The van der Waals surface area contributed by atoms with Crippen LogP contribution in [-0.4, -0.2) is 25.5 Å². The van der Waals surface area contributed by atoms with Crippen molar-refractivity contribution in [2.75, 3.05) is 20.6 Å². The van der Waals surface area contributed by atoms with Crippen LogP contribution in [0.2, 0.25) is 0 Å². The van der Waals surface area contributed by atoms with Crippen LogP contribution >= 0.6 is 28.3 Å². The van der Waals surface area contributed by atoms with Gasteiger partial charge >= 0.3 is 0 Å². The highest BCUT2D eigenvalue weighted by Crippen LogP contribution is 2.24. The Morgan fingerprint density at radius 1 is 0.950 bits per heavy atom. The Balaban J connectivity index is 0.00000200. The van der Waals surface area contributed by atoms with Gasteiger partial charge in [-0.2, -0.15) is 0 Å². The lowest BCUT2D eigenvalue weighted by atomic mass is 9.97. The molecule has 0 radical (unpaired) electrons. The van der Waals surface area contributed by atoms with Gasteiger partial charge in [-0.25, -0.2) is 0 Å². The van der Waals surface area contributed by atoms with E-state index in [1.54, 1.807) is 0 Å². The Morgan fingerprint density at radius 3 is 2.05 bits per heavy atom. The van der Waals surface area contributed by atoms with E-state index in [2.05, 4.69) is 95.6 Å². The lowest BCUT2D eigenvalue weighted by Crippen LogP contribution is -2.11. The van der Waals surface area contributed by atoms with E-state index in [9.17, 15) is 0 Å². The summed E-state index contributed by atoms with van der Waals surface area (Å²) in [5.41, 5.74) is 3.78. The van der Waals surface area contributed by atoms with E-state index < -0.39 is 0 Å². The standard InChI is InChI=1S/C17H18BrN.ClH/c1-19(2)13-12-17(14-6-4-3-5-7-14)15-8-10-16(18)11-9-15;/h3-12H,13H2,1-2H3;1H/b17-12+;. The number of hydrogen-bond acceptors (Lipinski definition) is 1. The molecule has 2 aromatic rings. The maximum absolute atomic E-state index is 3.49. The summed E-state index contributed by atoms with van der Waals surface area (Å²) in [6.45, 7) is 0.931. The van der Waals surface area contributed by atoms with Gasteiger partial charge in [-0.15, -0.1) is 12.4 Å². The predicted molar refractivity (Wildman–Crippen MR) is 93.5 cm³/mol. The maximum atomic E-state index is 3.49. The molecule has 0 aromatic heterocycles. The van der Waals surface area contributed by atoms with Gasteiger partial charge in [-0.3, -0.25) is 0 Å². The third-order valence-corrected chi connectivity index (χ3v) is 3.43. The summed E-state index contributed by atoms with van der Waals surface area (Å²) in [6, 6.07) is 19.0. The van der Waals surface area contributed by atoms with Crippen molar-refractivity contribution in [1.29, 1.82) is 0 Å². The Bertz CT molecular complexity index is 547. The highest BCUT2D eigenvalue weighted by molar-refractivity contribution is 9.10. The van der Waals surface area contributed by atoms with Gasteiger partial charge in [0.1, 0.15) is 0 Å². The molecule has 0 aliphatic rings. The zero-order valence-corrected chi connectivity index (χ0v) is 14.1. The first-order valence-corrected chi connectivity index (χ1v) is 7.12. The molecule has 0 aliphatic carbocycles. The van der Waals surface area contributed by atoms with Crippen LogP contribution in [-0.2, 0) is 0 Å². The fourth-order valence-electron chi connectivity index (χ4n) is 1.92. The van der Waals surface area contributed by atoms with E-state index in [4.69, 9.17) is 0 Å². The fraction of sp³-hybridized carbons (Fsp3) is 0.176. The van der Waals surface area contributed by atoms with E-state index in [-0.39, 0.29) is 12.4 Å². The van der Waals surface area contributed by atoms with Crippen LogP contribution < -0.4 is 0 Å². The summed E-state index contributed by atoms with van der Waals surface area (Å²) in [7, 11) is 4.17. The second-order valence-electron chi connectivity index (χ2n) is 4.75. The third kappa shape index (κ3) is 4.78. The normalized spacial score (nSPS) is 11.3. The third-order valence-electron chi connectivity index (χ3n) is 2.90. The van der Waals surface area contributed by atoms with Crippen molar-refractivity contribution in [2.24, 2.45) is 0 Å². The Morgan fingerprint density at radius 2 is 1.50 bits per heavy atom. The molecule has 0 atom stereocenters. The van der Waals surface area contributed by atoms with Crippen molar-refractivity contribution in [1.82, 2.24) is 4.90 Å². The second kappa shape index (κ2) is 8.25. The lowest BCUT2D eigenvalue weighted by Gasteiger charge is -2.11. The van der Waals surface area contributed by atoms with Crippen molar-refractivity contribution in [3.63, 3.8) is 0 Å². The molecule has 0 heterocycles. The first-order chi connectivity index (χ1) is 9.16. The summed E-state index contributed by atoms with van der Waals surface area (Å²) >= 11 is 3.49. The van der Waals surface area contributed by atoms with Crippen molar-refractivity contribution in [2.45, 2.75) is 0 Å². The van der Waals surface area contributed by atoms with Crippen LogP contribution in [0.1, 0.15) is 11.1 Å². The Labute approximate surface area is 135 Å². The van der Waals surface area contributed by atoms with Crippen molar-refractivity contribution in [3.05, 3.63) is 76.3 Å². The molecule has 0 unspecified atom stereocenters. The van der Waals surface area contributed by atoms with Crippen LogP contribution in [0.3, 0.4) is 0 Å². The van der Waals surface area contributed by atoms with Gasteiger partial charge in [-0.1, -0.05) is 64.5 Å². The molecule has 20 heavy (non-hydrogen) atoms. The van der Waals surface area contributed by atoms with Crippen molar-refractivity contribution < 1.29 is 0 Å². The molecule has 0 fully saturated rings. The summed E-state index contributed by atoms with van der Waals surface area (Å²) in [5, 5.41) is 0. The van der Waals surface area contributed by atoms with Crippen LogP contribution in [0.15, 0.2) is 65.1 Å². The van der Waals surface area contributed by atoms with E-state index >= 15 is 0 Å². The zero-order chi connectivity index (χ0) is 13.7. The number of rotatable bonds is 4. The highest BCUT2D eigenvalue weighted by atomic mass is 79.9. The van der Waals surface area contributed by atoms with Gasteiger partial charge in [0.05, 0.1) is 0 Å². The Kier molecular flexibility index (Phi) is 7.00. The fourth-order valence-corrected chi connectivity index (χ4v) is 2.19. The molecule has 2 aromatic carbocycles. The van der Waals surface area contributed by atoms with E-state index in [0.29, 0.717) is 0 Å². The molecule has 0 amide bonds. The summed E-state index contributed by atoms with van der Waals surface area (Å²) in [6.07, 6.45) is 2.28. The predicted octanol–water partition coefficient (Wildman–Crippen LogP) is 4.86. The molecule has 0 saturated heterocycles. The largest absolute Gasteiger partial charge is 0.306 e. The molecule has 3 heteroatoms. The smallest absolute Gasteiger partial charge is 0.0175 e. The second-order valence-corrected chi connectivity index (χ2v) is 5.67. The van der Waals surface area contributed by atoms with Gasteiger partial charge in [0.25, 0.3) is 0 Å². The van der Waals surface area contributed by atoms with Gasteiger partial charge in [0, 0.05) is 11.0 Å². The number of benzene rings is 2. The van der Waals surface area contributed by atoms with Gasteiger partial charge < -0.3 is 4.90 Å². The first-order valence-electron chi connectivity index (χ1n) is 6.33. The van der Waals surface area contributed by atoms with Crippen LogP contribution in [0.5, 0.6) is 0 Å². The molecule has 0 spiro atoms. The monoisotopic (exact) mass is 351 g/mol. The average Bonchev–Trinajstić information content (AvgIpc) is 2.42. The molecular weight excluding hydrogens is 334 g/mol. The summed E-state index contributed by atoms with van der Waals surface area (Å²) < 4.78 is 1.11. The molecule has 0 N–H and O–H groups in total. The molecular formula is C17H19BrClN. The van der Waals surface area contributed by atoms with Gasteiger partial charge in [0.15, 0.2) is 0 Å². The number of nitrogens with zero attached hydrogens (tertiary/aromatic N) is 1. The molecule has 2 rings (SSSR count). The average molecular weight is 353 g/mol. The van der Waals surface area contributed by atoms with Crippen LogP contribution in [0.25, 0.3) is 5.57 Å². The van der Waals surface area contributed by atoms with Crippen LogP contribution in [0.4, 0.5) is 0 Å². The molecule has 0 aliphatic heterocycles. The molecule has 106 valence electrons. The number of hydrogen-bond donors (Lipinski definition) is 0. The highest BCUT2D eigenvalue weighted by Gasteiger charge is 2.04. The number of likely N-dealkylation sites (N-methyl/N-ethyl adjacent to an activating group) is 1. The maximum Gasteiger partial charge on any atom is 0.0175 e. The van der Waals surface area contributed by atoms with Gasteiger partial charge in [-0.05, 0) is 42.9 Å². The van der Waals surface area contributed by atoms with Crippen molar-refractivity contribution >= 4 is 33.9 Å². The minimum Gasteiger partial charge on any atom is -0.306 e. The molecule has 1 nitrogen and oxygen atoms in total. The topological polar surface area (TPSA) is 3.24 Å². The molecule has 0 saturated carbocycles. The van der Waals surface area contributed by atoms with E-state index in [1.165, 1.54) is 16.7 Å². The first kappa shape index (κ1) is 17.0. The minimum absolute atomic E-state index is 0. The van der Waals surface area contributed by atoms with Gasteiger partial charge in [0.2, 0.25) is 0 Å². The molecule has 0 bridgehead atoms. The Hall–Kier alpha value is -1.09. The quantitative estimate of drug-likeness (QED) is 0.759.